The van der Waals surface area contributed by atoms with E-state index in [1.807, 2.05) is 49.5 Å². The molecule has 0 atom stereocenters. The number of hydrogen-bond acceptors (Lipinski definition) is 3. The van der Waals surface area contributed by atoms with Gasteiger partial charge in [0.1, 0.15) is 0 Å². The molecule has 1 aromatic heterocycles. The Morgan fingerprint density at radius 1 is 1.00 bits per heavy atom. The summed E-state index contributed by atoms with van der Waals surface area (Å²) in [5.41, 5.74) is 3.19. The summed E-state index contributed by atoms with van der Waals surface area (Å²) >= 11 is 0. The maximum absolute atomic E-state index is 12.2. The van der Waals surface area contributed by atoms with E-state index in [1.165, 1.54) is 0 Å². The molecule has 1 heterocycles. The van der Waals surface area contributed by atoms with Gasteiger partial charge in [-0.3, -0.25) is 9.78 Å². The average molecular weight is 277 g/mol. The molecule has 0 unspecified atom stereocenters. The van der Waals surface area contributed by atoms with Gasteiger partial charge in [0.15, 0.2) is 0 Å². The third kappa shape index (κ3) is 2.84. The fourth-order valence-electron chi connectivity index (χ4n) is 2.13. The number of benzene rings is 2. The number of anilines is 2. The van der Waals surface area contributed by atoms with Crippen molar-refractivity contribution < 1.29 is 4.79 Å². The minimum atomic E-state index is -0.144. The summed E-state index contributed by atoms with van der Waals surface area (Å²) < 4.78 is 0. The highest BCUT2D eigenvalue weighted by atomic mass is 16.1. The number of nitrogens with one attached hydrogen (secondary N) is 2. The summed E-state index contributed by atoms with van der Waals surface area (Å²) in [6.07, 6.45) is 1.67. The number of fused-ring (bicyclic) bond motifs is 1. The van der Waals surface area contributed by atoms with Crippen molar-refractivity contribution in [1.29, 1.82) is 0 Å². The van der Waals surface area contributed by atoms with E-state index < -0.39 is 0 Å². The van der Waals surface area contributed by atoms with E-state index in [1.54, 1.807) is 18.3 Å². The Morgan fingerprint density at radius 3 is 2.52 bits per heavy atom. The second-order valence-corrected chi connectivity index (χ2v) is 4.70. The summed E-state index contributed by atoms with van der Waals surface area (Å²) in [7, 11) is 1.84. The van der Waals surface area contributed by atoms with Gasteiger partial charge in [0, 0.05) is 23.7 Å². The Bertz CT molecular complexity index is 781. The van der Waals surface area contributed by atoms with E-state index >= 15 is 0 Å². The lowest BCUT2D eigenvalue weighted by molar-refractivity contribution is 0.102. The smallest absolute Gasteiger partial charge is 0.255 e. The van der Waals surface area contributed by atoms with Crippen LogP contribution in [-0.4, -0.2) is 17.9 Å². The molecular formula is C17H15N3O. The Morgan fingerprint density at radius 2 is 1.76 bits per heavy atom. The molecule has 4 nitrogen and oxygen atoms in total. The van der Waals surface area contributed by atoms with E-state index in [2.05, 4.69) is 15.6 Å². The van der Waals surface area contributed by atoms with Crippen LogP contribution < -0.4 is 10.6 Å². The van der Waals surface area contributed by atoms with Gasteiger partial charge in [0.2, 0.25) is 0 Å². The zero-order chi connectivity index (χ0) is 14.7. The lowest BCUT2D eigenvalue weighted by atomic mass is 10.2. The zero-order valence-corrected chi connectivity index (χ0v) is 11.6. The van der Waals surface area contributed by atoms with E-state index in [9.17, 15) is 4.79 Å². The number of rotatable bonds is 3. The Balaban J connectivity index is 1.81. The normalized spacial score (nSPS) is 10.3. The van der Waals surface area contributed by atoms with Crippen LogP contribution in [0.3, 0.4) is 0 Å². The van der Waals surface area contributed by atoms with E-state index in [-0.39, 0.29) is 5.91 Å². The molecule has 104 valence electrons. The van der Waals surface area contributed by atoms with Crippen LogP contribution in [0.4, 0.5) is 11.4 Å². The Labute approximate surface area is 122 Å². The summed E-state index contributed by atoms with van der Waals surface area (Å²) in [6, 6.07) is 17.0. The first-order valence-electron chi connectivity index (χ1n) is 6.70. The molecule has 4 heteroatoms. The molecule has 1 amide bonds. The molecule has 21 heavy (non-hydrogen) atoms. The van der Waals surface area contributed by atoms with Crippen LogP contribution in [0.25, 0.3) is 10.9 Å². The van der Waals surface area contributed by atoms with Crippen molar-refractivity contribution in [2.45, 2.75) is 0 Å². The number of para-hydroxylation sites is 1. The molecule has 0 fully saturated rings. The summed E-state index contributed by atoms with van der Waals surface area (Å²) in [6.45, 7) is 0. The summed E-state index contributed by atoms with van der Waals surface area (Å²) in [5.74, 6) is -0.144. The van der Waals surface area contributed by atoms with Crippen LogP contribution >= 0.6 is 0 Å². The number of nitrogens with zero attached hydrogens (tertiary/aromatic N) is 1. The van der Waals surface area contributed by atoms with Crippen LogP contribution in [0.2, 0.25) is 0 Å². The van der Waals surface area contributed by atoms with Gasteiger partial charge < -0.3 is 10.6 Å². The molecule has 0 radical (unpaired) electrons. The standard InChI is InChI=1S/C17H15N3O/c1-18-14-8-6-12(7-9-14)17(21)20-15-10-13-4-2-3-5-16(13)19-11-15/h2-11,18H,1H3,(H,20,21). The van der Waals surface area contributed by atoms with E-state index in [0.29, 0.717) is 11.3 Å². The minimum absolute atomic E-state index is 0.144. The van der Waals surface area contributed by atoms with Crippen molar-refractivity contribution >= 4 is 28.2 Å². The second-order valence-electron chi connectivity index (χ2n) is 4.70. The fourth-order valence-corrected chi connectivity index (χ4v) is 2.13. The maximum atomic E-state index is 12.2. The first kappa shape index (κ1) is 13.1. The largest absolute Gasteiger partial charge is 0.388 e. The lowest BCUT2D eigenvalue weighted by Gasteiger charge is -2.07. The lowest BCUT2D eigenvalue weighted by Crippen LogP contribution is -2.12. The molecule has 0 bridgehead atoms. The zero-order valence-electron chi connectivity index (χ0n) is 11.6. The van der Waals surface area contributed by atoms with Crippen molar-refractivity contribution in [1.82, 2.24) is 4.98 Å². The number of pyridine rings is 1. The van der Waals surface area contributed by atoms with Crippen LogP contribution in [0, 0.1) is 0 Å². The maximum Gasteiger partial charge on any atom is 0.255 e. The topological polar surface area (TPSA) is 54.0 Å². The summed E-state index contributed by atoms with van der Waals surface area (Å²) in [5, 5.41) is 6.89. The molecule has 0 aliphatic rings. The van der Waals surface area contributed by atoms with Gasteiger partial charge in [0.05, 0.1) is 17.4 Å². The van der Waals surface area contributed by atoms with Gasteiger partial charge in [-0.1, -0.05) is 18.2 Å². The fraction of sp³-hybridized carbons (Fsp3) is 0.0588. The van der Waals surface area contributed by atoms with Gasteiger partial charge in [-0.15, -0.1) is 0 Å². The highest BCUT2D eigenvalue weighted by Gasteiger charge is 2.06. The number of hydrogen-bond donors (Lipinski definition) is 2. The second kappa shape index (κ2) is 5.63. The predicted octanol–water partition coefficient (Wildman–Crippen LogP) is 3.53. The molecule has 3 aromatic rings. The predicted molar refractivity (Wildman–Crippen MR) is 85.7 cm³/mol. The van der Waals surface area contributed by atoms with Crippen molar-refractivity contribution in [2.24, 2.45) is 0 Å². The van der Waals surface area contributed by atoms with Crippen molar-refractivity contribution in [3.05, 3.63) is 66.4 Å². The average Bonchev–Trinajstić information content (AvgIpc) is 2.55. The monoisotopic (exact) mass is 277 g/mol. The number of aromatic nitrogens is 1. The molecule has 0 aliphatic heterocycles. The van der Waals surface area contributed by atoms with Gasteiger partial charge in [-0.05, 0) is 36.4 Å². The number of amides is 1. The van der Waals surface area contributed by atoms with Crippen LogP contribution in [0.15, 0.2) is 60.8 Å². The number of carbonyl (C=O) groups is 1. The number of carbonyl (C=O) groups excluding carboxylic acids is 1. The summed E-state index contributed by atoms with van der Waals surface area (Å²) in [4.78, 5) is 16.5. The molecule has 2 N–H and O–H groups in total. The van der Waals surface area contributed by atoms with Gasteiger partial charge in [-0.25, -0.2) is 0 Å². The third-order valence-electron chi connectivity index (χ3n) is 3.28. The minimum Gasteiger partial charge on any atom is -0.388 e. The van der Waals surface area contributed by atoms with Gasteiger partial charge >= 0.3 is 0 Å². The highest BCUT2D eigenvalue weighted by Crippen LogP contribution is 2.17. The SMILES string of the molecule is CNc1ccc(C(=O)Nc2cnc3ccccc3c2)cc1. The molecule has 0 saturated carbocycles. The van der Waals surface area contributed by atoms with Gasteiger partial charge in [0.25, 0.3) is 5.91 Å². The molecule has 0 aliphatic carbocycles. The van der Waals surface area contributed by atoms with Crippen LogP contribution in [-0.2, 0) is 0 Å². The first-order chi connectivity index (χ1) is 10.3. The molecule has 0 saturated heterocycles. The Kier molecular flexibility index (Phi) is 3.51. The highest BCUT2D eigenvalue weighted by molar-refractivity contribution is 6.05. The third-order valence-corrected chi connectivity index (χ3v) is 3.28. The quantitative estimate of drug-likeness (QED) is 0.770. The molecular weight excluding hydrogens is 262 g/mol. The van der Waals surface area contributed by atoms with E-state index in [0.717, 1.165) is 16.6 Å². The van der Waals surface area contributed by atoms with Crippen LogP contribution in [0.5, 0.6) is 0 Å². The van der Waals surface area contributed by atoms with E-state index in [4.69, 9.17) is 0 Å². The van der Waals surface area contributed by atoms with Crippen molar-refractivity contribution in [2.75, 3.05) is 17.7 Å². The van der Waals surface area contributed by atoms with Crippen molar-refractivity contribution in [3.63, 3.8) is 0 Å². The molecule has 3 rings (SSSR count). The van der Waals surface area contributed by atoms with Crippen molar-refractivity contribution in [3.8, 4) is 0 Å². The Hall–Kier alpha value is -2.88. The van der Waals surface area contributed by atoms with Crippen LogP contribution in [0.1, 0.15) is 10.4 Å². The molecule has 0 spiro atoms. The first-order valence-corrected chi connectivity index (χ1v) is 6.70. The molecule has 2 aromatic carbocycles. The van der Waals surface area contributed by atoms with Gasteiger partial charge in [-0.2, -0.15) is 0 Å².